The summed E-state index contributed by atoms with van der Waals surface area (Å²) in [6, 6.07) is 16.5. The molecule has 1 aliphatic rings. The summed E-state index contributed by atoms with van der Waals surface area (Å²) in [4.78, 5) is 16.7. The van der Waals surface area contributed by atoms with Gasteiger partial charge in [-0.25, -0.2) is 4.98 Å². The Morgan fingerprint density at radius 3 is 2.71 bits per heavy atom. The third-order valence-electron chi connectivity index (χ3n) is 5.43. The summed E-state index contributed by atoms with van der Waals surface area (Å²) in [6.07, 6.45) is 7.46. The van der Waals surface area contributed by atoms with E-state index in [4.69, 9.17) is 4.42 Å². The summed E-state index contributed by atoms with van der Waals surface area (Å²) in [7, 11) is 0. The van der Waals surface area contributed by atoms with E-state index >= 15 is 0 Å². The van der Waals surface area contributed by atoms with Crippen LogP contribution in [0.3, 0.4) is 0 Å². The zero-order valence-corrected chi connectivity index (χ0v) is 16.3. The highest BCUT2D eigenvalue weighted by Crippen LogP contribution is 2.25. The Kier molecular flexibility index (Phi) is 5.56. The van der Waals surface area contributed by atoms with Crippen LogP contribution >= 0.6 is 0 Å². The molecule has 0 saturated carbocycles. The van der Waals surface area contributed by atoms with Gasteiger partial charge in [-0.2, -0.15) is 0 Å². The lowest BCUT2D eigenvalue weighted by molar-refractivity contribution is -0.121. The van der Waals surface area contributed by atoms with Crippen molar-refractivity contribution >= 4 is 5.91 Å². The molecule has 1 aliphatic carbocycles. The standard InChI is InChI=1S/C24H26N2O2/c1-17(20-12-11-18-7-5-6-10-21(18)15-20)26-23(27)13-14-24-25-16-22(28-24)19-8-3-2-4-9-19/h2-4,8-9,11-12,15-17H,5-7,10,13-14H2,1H3,(H,26,27)/t17-/m1/s1. The topological polar surface area (TPSA) is 55.1 Å². The van der Waals surface area contributed by atoms with Gasteiger partial charge in [-0.05, 0) is 49.3 Å². The monoisotopic (exact) mass is 374 g/mol. The highest BCUT2D eigenvalue weighted by Gasteiger charge is 2.15. The molecule has 0 bridgehead atoms. The number of carbonyl (C=O) groups excluding carboxylic acids is 1. The Bertz CT molecular complexity index is 946. The van der Waals surface area contributed by atoms with Crippen LogP contribution in [0.5, 0.6) is 0 Å². The van der Waals surface area contributed by atoms with Crippen LogP contribution in [-0.2, 0) is 24.1 Å². The van der Waals surface area contributed by atoms with Gasteiger partial charge in [0.05, 0.1) is 12.2 Å². The SMILES string of the molecule is C[C@@H](NC(=O)CCc1ncc(-c2ccccc2)o1)c1ccc2c(c1)CCCC2. The first kappa shape index (κ1) is 18.5. The minimum absolute atomic E-state index is 0.00386. The third kappa shape index (κ3) is 4.33. The van der Waals surface area contributed by atoms with Crippen LogP contribution in [0.15, 0.2) is 59.1 Å². The van der Waals surface area contributed by atoms with Gasteiger partial charge in [-0.3, -0.25) is 4.79 Å². The maximum atomic E-state index is 12.4. The van der Waals surface area contributed by atoms with Gasteiger partial charge < -0.3 is 9.73 Å². The molecule has 1 N–H and O–H groups in total. The molecule has 4 nitrogen and oxygen atoms in total. The number of rotatable bonds is 6. The van der Waals surface area contributed by atoms with Gasteiger partial charge in [0.15, 0.2) is 11.7 Å². The Balaban J connectivity index is 1.31. The molecule has 0 radical (unpaired) electrons. The van der Waals surface area contributed by atoms with Crippen molar-refractivity contribution in [2.24, 2.45) is 0 Å². The second-order valence-corrected chi connectivity index (χ2v) is 7.51. The number of amides is 1. The molecule has 4 heteroatoms. The number of nitrogens with zero attached hydrogens (tertiary/aromatic N) is 1. The van der Waals surface area contributed by atoms with Crippen LogP contribution in [0.25, 0.3) is 11.3 Å². The number of nitrogens with one attached hydrogen (secondary N) is 1. The largest absolute Gasteiger partial charge is 0.441 e. The summed E-state index contributed by atoms with van der Waals surface area (Å²) < 4.78 is 5.78. The molecule has 0 saturated heterocycles. The molecule has 1 atom stereocenters. The molecule has 4 rings (SSSR count). The lowest BCUT2D eigenvalue weighted by Crippen LogP contribution is -2.27. The summed E-state index contributed by atoms with van der Waals surface area (Å²) in [5, 5.41) is 3.10. The quantitative estimate of drug-likeness (QED) is 0.658. The van der Waals surface area contributed by atoms with Crippen molar-refractivity contribution in [3.05, 3.63) is 77.3 Å². The van der Waals surface area contributed by atoms with Crippen LogP contribution < -0.4 is 5.32 Å². The van der Waals surface area contributed by atoms with Crippen LogP contribution in [0.4, 0.5) is 0 Å². The molecule has 1 heterocycles. The second kappa shape index (κ2) is 8.42. The molecular weight excluding hydrogens is 348 g/mol. The number of oxazole rings is 1. The molecule has 0 spiro atoms. The first-order valence-corrected chi connectivity index (χ1v) is 10.1. The number of aryl methyl sites for hydroxylation is 3. The van der Waals surface area contributed by atoms with Gasteiger partial charge in [0, 0.05) is 18.4 Å². The number of carbonyl (C=O) groups is 1. The van der Waals surface area contributed by atoms with E-state index in [0.717, 1.165) is 17.7 Å². The number of hydrogen-bond acceptors (Lipinski definition) is 3. The van der Waals surface area contributed by atoms with Crippen molar-refractivity contribution in [3.8, 4) is 11.3 Å². The number of fused-ring (bicyclic) bond motifs is 1. The molecule has 144 valence electrons. The van der Waals surface area contributed by atoms with E-state index in [-0.39, 0.29) is 11.9 Å². The fraction of sp³-hybridized carbons (Fsp3) is 0.333. The van der Waals surface area contributed by atoms with Crippen molar-refractivity contribution in [1.82, 2.24) is 10.3 Å². The summed E-state index contributed by atoms with van der Waals surface area (Å²) in [5.74, 6) is 1.35. The van der Waals surface area contributed by atoms with Crippen LogP contribution in [0.2, 0.25) is 0 Å². The van der Waals surface area contributed by atoms with Crippen LogP contribution in [0.1, 0.15) is 54.8 Å². The van der Waals surface area contributed by atoms with Gasteiger partial charge in [-0.15, -0.1) is 0 Å². The summed E-state index contributed by atoms with van der Waals surface area (Å²) in [5.41, 5.74) is 5.08. The van der Waals surface area contributed by atoms with E-state index in [9.17, 15) is 4.79 Å². The number of benzene rings is 2. The molecule has 28 heavy (non-hydrogen) atoms. The minimum atomic E-state index is 0.00386. The first-order chi connectivity index (χ1) is 13.7. The van der Waals surface area contributed by atoms with Gasteiger partial charge in [0.2, 0.25) is 5.91 Å². The molecule has 2 aromatic carbocycles. The normalized spacial score (nSPS) is 14.3. The third-order valence-corrected chi connectivity index (χ3v) is 5.43. The highest BCUT2D eigenvalue weighted by atomic mass is 16.4. The van der Waals surface area contributed by atoms with Crippen molar-refractivity contribution in [3.63, 3.8) is 0 Å². The zero-order valence-electron chi connectivity index (χ0n) is 16.3. The molecule has 0 unspecified atom stereocenters. The van der Waals surface area contributed by atoms with E-state index in [1.54, 1.807) is 6.20 Å². The van der Waals surface area contributed by atoms with Crippen molar-refractivity contribution in [2.45, 2.75) is 51.5 Å². The van der Waals surface area contributed by atoms with Gasteiger partial charge >= 0.3 is 0 Å². The van der Waals surface area contributed by atoms with Gasteiger partial charge in [0.1, 0.15) is 0 Å². The molecular formula is C24H26N2O2. The maximum Gasteiger partial charge on any atom is 0.220 e. The molecule has 1 aromatic heterocycles. The average molecular weight is 374 g/mol. The van der Waals surface area contributed by atoms with Crippen LogP contribution in [-0.4, -0.2) is 10.9 Å². The fourth-order valence-electron chi connectivity index (χ4n) is 3.80. The average Bonchev–Trinajstić information content (AvgIpc) is 3.22. The Morgan fingerprint density at radius 1 is 1.11 bits per heavy atom. The van der Waals surface area contributed by atoms with E-state index in [0.29, 0.717) is 18.7 Å². The fourth-order valence-corrected chi connectivity index (χ4v) is 3.80. The van der Waals surface area contributed by atoms with E-state index in [1.807, 2.05) is 37.3 Å². The van der Waals surface area contributed by atoms with Gasteiger partial charge in [0.25, 0.3) is 0 Å². The maximum absolute atomic E-state index is 12.4. The predicted molar refractivity (Wildman–Crippen MR) is 110 cm³/mol. The first-order valence-electron chi connectivity index (χ1n) is 10.1. The summed E-state index contributed by atoms with van der Waals surface area (Å²) >= 11 is 0. The van der Waals surface area contributed by atoms with Crippen molar-refractivity contribution in [1.29, 1.82) is 0 Å². The van der Waals surface area contributed by atoms with Crippen molar-refractivity contribution in [2.75, 3.05) is 0 Å². The molecule has 0 aliphatic heterocycles. The smallest absolute Gasteiger partial charge is 0.220 e. The highest BCUT2D eigenvalue weighted by molar-refractivity contribution is 5.76. The van der Waals surface area contributed by atoms with E-state index < -0.39 is 0 Å². The lowest BCUT2D eigenvalue weighted by Gasteiger charge is -2.20. The van der Waals surface area contributed by atoms with Crippen molar-refractivity contribution < 1.29 is 9.21 Å². The van der Waals surface area contributed by atoms with Gasteiger partial charge in [-0.1, -0.05) is 48.5 Å². The Morgan fingerprint density at radius 2 is 1.89 bits per heavy atom. The van der Waals surface area contributed by atoms with E-state index in [2.05, 4.69) is 28.5 Å². The molecule has 1 amide bonds. The predicted octanol–water partition coefficient (Wildman–Crippen LogP) is 5.03. The number of hydrogen-bond donors (Lipinski definition) is 1. The lowest BCUT2D eigenvalue weighted by atomic mass is 9.89. The second-order valence-electron chi connectivity index (χ2n) is 7.51. The molecule has 3 aromatic rings. The number of aromatic nitrogens is 1. The Hall–Kier alpha value is -2.88. The zero-order chi connectivity index (χ0) is 19.3. The minimum Gasteiger partial charge on any atom is -0.441 e. The Labute approximate surface area is 166 Å². The summed E-state index contributed by atoms with van der Waals surface area (Å²) in [6.45, 7) is 2.04. The molecule has 0 fully saturated rings. The van der Waals surface area contributed by atoms with Crippen LogP contribution in [0, 0.1) is 0 Å². The van der Waals surface area contributed by atoms with E-state index in [1.165, 1.54) is 36.0 Å².